The van der Waals surface area contributed by atoms with E-state index in [9.17, 15) is 32.4 Å². The van der Waals surface area contributed by atoms with Crippen LogP contribution in [0.25, 0.3) is 0 Å². The first kappa shape index (κ1) is 52.2. The Balaban J connectivity index is 0.909. The lowest BCUT2D eigenvalue weighted by Gasteiger charge is -2.57. The first-order valence-electron chi connectivity index (χ1n) is 25.5. The Morgan fingerprint density at radius 3 is 2.25 bits per heavy atom. The van der Waals surface area contributed by atoms with Gasteiger partial charge in [0, 0.05) is 88.1 Å². The van der Waals surface area contributed by atoms with Gasteiger partial charge in [0.25, 0.3) is 0 Å². The van der Waals surface area contributed by atoms with Gasteiger partial charge in [-0.2, -0.15) is 9.78 Å². The third kappa shape index (κ3) is 13.7. The molecule has 388 valence electrons. The van der Waals surface area contributed by atoms with Crippen LogP contribution in [0.4, 0.5) is 9.59 Å². The second-order valence-corrected chi connectivity index (χ2v) is 22.6. The standard InChI is InChI=1S/C52H71N5O13S/c1-50(2,36-44(55-48(61)57-25-28-65-29-26-57)47(60)54-42(17-16-37-11-5-3-6-12-37)19-30-71(63,64)43-13-7-4-8-14-43)67-49(62)66-27-21-51(20-18-45(58)53-22-10-24-56-23-9-15-46(56)59)68-52(70-69-51)40-32-38-31-39(34-40)35-41(52)33-38/h3-8,11-14,19,30,38-42,44H,9-10,15-18,20-29,31-36H2,1-2H3,(H,53,58)(H,54,60)(H,55,61)/b30-19+/t38?,39?,40?,41?,42-,44-,51?,52?/m0/s1. The van der Waals surface area contributed by atoms with Crippen molar-refractivity contribution in [3.8, 4) is 0 Å². The number of aryl methyl sites for hydroxylation is 1. The monoisotopic (exact) mass is 1010 g/mol. The summed E-state index contributed by atoms with van der Waals surface area (Å²) < 4.78 is 50.5. The molecular weight excluding hydrogens is 935 g/mol. The molecule has 3 saturated heterocycles. The number of hydrogen-bond acceptors (Lipinski definition) is 13. The lowest BCUT2D eigenvalue weighted by molar-refractivity contribution is -0.389. The largest absolute Gasteiger partial charge is 0.508 e. The third-order valence-corrected chi connectivity index (χ3v) is 16.4. The Morgan fingerprint density at radius 2 is 1.58 bits per heavy atom. The molecule has 1 spiro atoms. The molecule has 19 heteroatoms. The molecule has 1 unspecified atom stereocenters. The van der Waals surface area contributed by atoms with Crippen molar-refractivity contribution in [2.45, 2.75) is 138 Å². The molecule has 0 radical (unpaired) electrons. The number of carbonyl (C=O) groups excluding carboxylic acids is 5. The fourth-order valence-electron chi connectivity index (χ4n) is 11.4. The molecule has 5 amide bonds. The fraction of sp³-hybridized carbons (Fsp3) is 0.635. The molecule has 71 heavy (non-hydrogen) atoms. The van der Waals surface area contributed by atoms with Gasteiger partial charge in [0.15, 0.2) is 9.84 Å². The number of carbonyl (C=O) groups is 5. The Bertz CT molecular complexity index is 2280. The van der Waals surface area contributed by atoms with Gasteiger partial charge >= 0.3 is 12.2 Å². The summed E-state index contributed by atoms with van der Waals surface area (Å²) in [4.78, 5) is 82.6. The Labute approximate surface area is 417 Å². The van der Waals surface area contributed by atoms with Crippen molar-refractivity contribution in [1.82, 2.24) is 25.8 Å². The first-order valence-corrected chi connectivity index (χ1v) is 27.1. The summed E-state index contributed by atoms with van der Waals surface area (Å²) in [7, 11) is -3.86. The summed E-state index contributed by atoms with van der Waals surface area (Å²) in [6.45, 7) is 6.02. The lowest BCUT2D eigenvalue weighted by atomic mass is 9.53. The van der Waals surface area contributed by atoms with Crippen LogP contribution in [0.2, 0.25) is 0 Å². The van der Waals surface area contributed by atoms with Crippen molar-refractivity contribution in [2.24, 2.45) is 23.7 Å². The molecule has 2 aromatic carbocycles. The van der Waals surface area contributed by atoms with Gasteiger partial charge in [0.2, 0.25) is 29.3 Å². The van der Waals surface area contributed by atoms with Crippen molar-refractivity contribution >= 4 is 39.7 Å². The molecule has 18 nitrogen and oxygen atoms in total. The van der Waals surface area contributed by atoms with Gasteiger partial charge in [-0.3, -0.25) is 14.4 Å². The van der Waals surface area contributed by atoms with Crippen molar-refractivity contribution in [3.05, 3.63) is 77.7 Å². The van der Waals surface area contributed by atoms with Gasteiger partial charge < -0.3 is 44.7 Å². The molecule has 2 aromatic rings. The molecule has 0 aromatic heterocycles. The minimum atomic E-state index is -3.86. The number of benzene rings is 2. The normalized spacial score (nSPS) is 26.9. The summed E-state index contributed by atoms with van der Waals surface area (Å²) in [5.41, 5.74) is -0.396. The number of urea groups is 1. The second-order valence-electron chi connectivity index (χ2n) is 20.7. The van der Waals surface area contributed by atoms with E-state index in [-0.39, 0.29) is 60.8 Å². The van der Waals surface area contributed by atoms with Gasteiger partial charge in [-0.25, -0.2) is 18.0 Å². The molecule has 3 heterocycles. The quantitative estimate of drug-likeness (QED) is 0.0707. The molecule has 3 aliphatic heterocycles. The number of hydrogen-bond donors (Lipinski definition) is 3. The van der Waals surface area contributed by atoms with Gasteiger partial charge in [0.1, 0.15) is 18.2 Å². The summed E-state index contributed by atoms with van der Waals surface area (Å²) in [5.74, 6) is -1.42. The minimum absolute atomic E-state index is 0.0411. The van der Waals surface area contributed by atoms with Crippen molar-refractivity contribution < 1.29 is 61.1 Å². The van der Waals surface area contributed by atoms with E-state index in [4.69, 9.17) is 28.7 Å². The number of amides is 5. The van der Waals surface area contributed by atoms with Gasteiger partial charge in [-0.15, -0.1) is 0 Å². The number of likely N-dealkylation sites (tertiary alicyclic amines) is 1. The highest BCUT2D eigenvalue weighted by atomic mass is 32.2. The van der Waals surface area contributed by atoms with Gasteiger partial charge in [0.05, 0.1) is 18.1 Å². The van der Waals surface area contributed by atoms with E-state index in [1.807, 2.05) is 35.2 Å². The van der Waals surface area contributed by atoms with Crippen LogP contribution in [-0.2, 0) is 59.4 Å². The van der Waals surface area contributed by atoms with E-state index < -0.39 is 57.2 Å². The van der Waals surface area contributed by atoms with E-state index >= 15 is 0 Å². The van der Waals surface area contributed by atoms with Crippen molar-refractivity contribution in [2.75, 3.05) is 52.5 Å². The summed E-state index contributed by atoms with van der Waals surface area (Å²) in [6.07, 6.45) is 8.55. The average Bonchev–Trinajstić information content (AvgIpc) is 3.95. The zero-order valence-corrected chi connectivity index (χ0v) is 41.9. The van der Waals surface area contributed by atoms with E-state index in [0.29, 0.717) is 76.9 Å². The maximum absolute atomic E-state index is 14.4. The predicted molar refractivity (Wildman–Crippen MR) is 258 cm³/mol. The van der Waals surface area contributed by atoms with Gasteiger partial charge in [-0.05, 0) is 101 Å². The average molecular weight is 1010 g/mol. The summed E-state index contributed by atoms with van der Waals surface area (Å²) in [6, 6.07) is 15.0. The lowest BCUT2D eigenvalue weighted by Crippen LogP contribution is -2.59. The second kappa shape index (κ2) is 23.2. The molecule has 7 aliphatic rings. The van der Waals surface area contributed by atoms with Crippen LogP contribution in [0.15, 0.2) is 77.0 Å². The number of rotatable bonds is 22. The maximum Gasteiger partial charge on any atom is 0.508 e. The molecule has 3 N–H and O–H groups in total. The molecule has 3 atom stereocenters. The number of nitrogens with one attached hydrogen (secondary N) is 3. The van der Waals surface area contributed by atoms with Gasteiger partial charge in [-0.1, -0.05) is 54.6 Å². The van der Waals surface area contributed by atoms with E-state index in [2.05, 4.69) is 16.0 Å². The highest BCUT2D eigenvalue weighted by molar-refractivity contribution is 7.94. The predicted octanol–water partition coefficient (Wildman–Crippen LogP) is 5.95. The van der Waals surface area contributed by atoms with Crippen molar-refractivity contribution in [1.29, 1.82) is 0 Å². The van der Waals surface area contributed by atoms with Crippen LogP contribution < -0.4 is 16.0 Å². The number of morpholine rings is 1. The molecule has 4 bridgehead atoms. The van der Waals surface area contributed by atoms with Crippen LogP contribution in [0.5, 0.6) is 0 Å². The molecule has 4 saturated carbocycles. The van der Waals surface area contributed by atoms with Crippen LogP contribution >= 0.6 is 0 Å². The summed E-state index contributed by atoms with van der Waals surface area (Å²) >= 11 is 0. The zero-order chi connectivity index (χ0) is 50.1. The molecule has 7 fully saturated rings. The zero-order valence-electron chi connectivity index (χ0n) is 41.1. The Hall–Kier alpha value is -5.08. The minimum Gasteiger partial charge on any atom is -0.434 e. The van der Waals surface area contributed by atoms with E-state index in [0.717, 1.165) is 49.6 Å². The summed E-state index contributed by atoms with van der Waals surface area (Å²) in [5, 5.41) is 9.83. The fourth-order valence-corrected chi connectivity index (χ4v) is 12.5. The van der Waals surface area contributed by atoms with Crippen LogP contribution in [-0.4, -0.2) is 130 Å². The van der Waals surface area contributed by atoms with Crippen LogP contribution in [0.1, 0.15) is 103 Å². The molecule has 9 rings (SSSR count). The first-order chi connectivity index (χ1) is 34.1. The topological polar surface area (TPSA) is 217 Å². The number of sulfone groups is 1. The number of ether oxygens (including phenoxy) is 4. The highest BCUT2D eigenvalue weighted by Gasteiger charge is 2.66. The molecular formula is C52H71N5O13S. The maximum atomic E-state index is 14.4. The van der Waals surface area contributed by atoms with Crippen LogP contribution in [0, 0.1) is 23.7 Å². The third-order valence-electron chi connectivity index (χ3n) is 14.9. The Kier molecular flexibility index (Phi) is 17.1. The molecule has 4 aliphatic carbocycles. The Morgan fingerprint density at radius 1 is 0.887 bits per heavy atom. The van der Waals surface area contributed by atoms with Crippen LogP contribution in [0.3, 0.4) is 0 Å². The smallest absolute Gasteiger partial charge is 0.434 e. The SMILES string of the molecule is CC(C)(C[C@H](NC(=O)N1CCOCC1)C(=O)N[C@H](/C=C/S(=O)(=O)c1ccccc1)CCc1ccccc1)OC(=O)OCCC1(CCC(=O)NCCCN2CCCC2=O)OOC2(O1)C1CC3CC(C1)CC2C3. The van der Waals surface area contributed by atoms with E-state index in [1.54, 1.807) is 32.0 Å². The van der Waals surface area contributed by atoms with Crippen molar-refractivity contribution in [3.63, 3.8) is 0 Å². The number of nitrogens with zero attached hydrogens (tertiary/aromatic N) is 2. The van der Waals surface area contributed by atoms with E-state index in [1.165, 1.54) is 29.5 Å². The highest BCUT2D eigenvalue weighted by Crippen LogP contribution is 2.63.